The highest BCUT2D eigenvalue weighted by atomic mass is 16.5. The number of carbonyl (C=O) groups excluding carboxylic acids is 2. The van der Waals surface area contributed by atoms with Crippen LogP contribution in [0.2, 0.25) is 0 Å². The van der Waals surface area contributed by atoms with Gasteiger partial charge in [0.25, 0.3) is 0 Å². The Bertz CT molecular complexity index is 501. The zero-order chi connectivity index (χ0) is 15.7. The van der Waals surface area contributed by atoms with E-state index in [0.717, 1.165) is 11.3 Å². The van der Waals surface area contributed by atoms with Crippen LogP contribution in [0, 0.1) is 0 Å². The maximum Gasteiger partial charge on any atom is 0.322 e. The number of urea groups is 1. The van der Waals surface area contributed by atoms with Gasteiger partial charge >= 0.3 is 12.0 Å². The number of ether oxygens (including phenoxy) is 1. The second-order valence-electron chi connectivity index (χ2n) is 4.05. The second-order valence-corrected chi connectivity index (χ2v) is 4.05. The number of carboxylic acids is 1. The Balaban J connectivity index is 2.24. The summed E-state index contributed by atoms with van der Waals surface area (Å²) in [7, 11) is 1.57. The SMILES string of the molecule is COc1ccc(CNC(=O)NCC(=O)NCC(=O)O)cc1. The average Bonchev–Trinajstić information content (AvgIpc) is 2.49. The summed E-state index contributed by atoms with van der Waals surface area (Å²) in [6.45, 7) is -0.470. The number of hydrogen-bond acceptors (Lipinski definition) is 4. The van der Waals surface area contributed by atoms with Crippen LogP contribution in [0.1, 0.15) is 5.56 Å². The van der Waals surface area contributed by atoms with E-state index in [9.17, 15) is 14.4 Å². The van der Waals surface area contributed by atoms with Crippen LogP contribution in [0.25, 0.3) is 0 Å². The molecule has 0 aliphatic carbocycles. The summed E-state index contributed by atoms with van der Waals surface area (Å²) >= 11 is 0. The van der Waals surface area contributed by atoms with Crippen LogP contribution in [-0.2, 0) is 16.1 Å². The van der Waals surface area contributed by atoms with Crippen LogP contribution in [0.4, 0.5) is 4.79 Å². The minimum atomic E-state index is -1.15. The maximum absolute atomic E-state index is 11.4. The van der Waals surface area contributed by atoms with Gasteiger partial charge in [0.05, 0.1) is 13.7 Å². The molecule has 0 aliphatic rings. The molecule has 0 unspecified atom stereocenters. The van der Waals surface area contributed by atoms with Gasteiger partial charge in [-0.1, -0.05) is 12.1 Å². The Hall–Kier alpha value is -2.77. The molecule has 0 saturated carbocycles. The summed E-state index contributed by atoms with van der Waals surface area (Å²) in [6, 6.07) is 6.64. The van der Waals surface area contributed by atoms with Gasteiger partial charge in [-0.2, -0.15) is 0 Å². The summed E-state index contributed by atoms with van der Waals surface area (Å²) in [5.41, 5.74) is 0.876. The molecule has 3 amide bonds. The molecular formula is C13H17N3O5. The van der Waals surface area contributed by atoms with Gasteiger partial charge in [0.15, 0.2) is 0 Å². The number of aliphatic carboxylic acids is 1. The van der Waals surface area contributed by atoms with E-state index in [1.165, 1.54) is 0 Å². The molecule has 114 valence electrons. The van der Waals surface area contributed by atoms with Gasteiger partial charge in [-0.05, 0) is 17.7 Å². The highest BCUT2D eigenvalue weighted by Gasteiger charge is 2.06. The van der Waals surface area contributed by atoms with E-state index in [1.54, 1.807) is 31.4 Å². The monoisotopic (exact) mass is 295 g/mol. The Morgan fingerprint density at radius 1 is 1.05 bits per heavy atom. The van der Waals surface area contributed by atoms with E-state index in [4.69, 9.17) is 9.84 Å². The molecule has 0 radical (unpaired) electrons. The van der Waals surface area contributed by atoms with Crippen LogP contribution in [0.15, 0.2) is 24.3 Å². The number of hydrogen-bond donors (Lipinski definition) is 4. The Morgan fingerprint density at radius 2 is 1.71 bits per heavy atom. The van der Waals surface area contributed by atoms with Crippen molar-refractivity contribution in [3.8, 4) is 5.75 Å². The topological polar surface area (TPSA) is 117 Å². The predicted molar refractivity (Wildman–Crippen MR) is 73.9 cm³/mol. The average molecular weight is 295 g/mol. The lowest BCUT2D eigenvalue weighted by molar-refractivity contribution is -0.137. The number of amides is 3. The smallest absolute Gasteiger partial charge is 0.322 e. The van der Waals surface area contributed by atoms with Gasteiger partial charge in [-0.3, -0.25) is 9.59 Å². The first-order valence-corrected chi connectivity index (χ1v) is 6.14. The molecule has 0 atom stereocenters. The lowest BCUT2D eigenvalue weighted by Gasteiger charge is -2.08. The third-order valence-corrected chi connectivity index (χ3v) is 2.46. The molecule has 0 saturated heterocycles. The highest BCUT2D eigenvalue weighted by Crippen LogP contribution is 2.10. The van der Waals surface area contributed by atoms with Crippen LogP contribution >= 0.6 is 0 Å². The summed E-state index contributed by atoms with van der Waals surface area (Å²) in [5, 5.41) is 15.4. The molecule has 8 heteroatoms. The summed E-state index contributed by atoms with van der Waals surface area (Å²) < 4.78 is 5.01. The summed E-state index contributed by atoms with van der Waals surface area (Å²) in [5.74, 6) is -0.998. The molecule has 0 spiro atoms. The van der Waals surface area contributed by atoms with Crippen molar-refractivity contribution in [3.63, 3.8) is 0 Å². The quantitative estimate of drug-likeness (QED) is 0.551. The van der Waals surface area contributed by atoms with Gasteiger partial charge in [-0.25, -0.2) is 4.79 Å². The van der Waals surface area contributed by atoms with Crippen molar-refractivity contribution in [3.05, 3.63) is 29.8 Å². The standard InChI is InChI=1S/C13H17N3O5/c1-21-10-4-2-9(3-5-10)6-15-13(20)16-7-11(17)14-8-12(18)19/h2-5H,6-8H2,1H3,(H,14,17)(H,18,19)(H2,15,16,20). The molecule has 0 bridgehead atoms. The molecule has 0 heterocycles. The summed E-state index contributed by atoms with van der Waals surface area (Å²) in [6.07, 6.45) is 0. The first-order chi connectivity index (χ1) is 10.0. The molecule has 21 heavy (non-hydrogen) atoms. The van der Waals surface area contributed by atoms with Crippen molar-refractivity contribution in [2.75, 3.05) is 20.2 Å². The fraction of sp³-hybridized carbons (Fsp3) is 0.308. The van der Waals surface area contributed by atoms with Gasteiger partial charge in [0.1, 0.15) is 12.3 Å². The molecule has 8 nitrogen and oxygen atoms in total. The normalized spacial score (nSPS) is 9.57. The molecule has 1 aromatic rings. The lowest BCUT2D eigenvalue weighted by atomic mass is 10.2. The molecule has 0 fully saturated rings. The van der Waals surface area contributed by atoms with E-state index >= 15 is 0 Å². The van der Waals surface area contributed by atoms with Crippen molar-refractivity contribution in [1.29, 1.82) is 0 Å². The number of nitrogens with one attached hydrogen (secondary N) is 3. The zero-order valence-electron chi connectivity index (χ0n) is 11.5. The molecule has 0 aliphatic heterocycles. The summed E-state index contributed by atoms with van der Waals surface area (Å²) in [4.78, 5) is 32.8. The van der Waals surface area contributed by atoms with E-state index < -0.39 is 24.5 Å². The van der Waals surface area contributed by atoms with Crippen molar-refractivity contribution in [2.45, 2.75) is 6.54 Å². The third kappa shape index (κ3) is 6.81. The lowest BCUT2D eigenvalue weighted by Crippen LogP contribution is -2.42. The fourth-order valence-electron chi connectivity index (χ4n) is 1.39. The second kappa shape index (κ2) is 8.41. The Kier molecular flexibility index (Phi) is 6.52. The van der Waals surface area contributed by atoms with E-state index in [2.05, 4.69) is 16.0 Å². The molecular weight excluding hydrogens is 278 g/mol. The number of rotatable bonds is 7. The maximum atomic E-state index is 11.4. The Labute approximate surface area is 121 Å². The third-order valence-electron chi connectivity index (χ3n) is 2.46. The van der Waals surface area contributed by atoms with E-state index in [1.807, 2.05) is 0 Å². The zero-order valence-corrected chi connectivity index (χ0v) is 11.5. The van der Waals surface area contributed by atoms with Gasteiger partial charge in [-0.15, -0.1) is 0 Å². The van der Waals surface area contributed by atoms with Crippen molar-refractivity contribution in [2.24, 2.45) is 0 Å². The van der Waals surface area contributed by atoms with Crippen molar-refractivity contribution < 1.29 is 24.2 Å². The Morgan fingerprint density at radius 3 is 2.29 bits per heavy atom. The minimum Gasteiger partial charge on any atom is -0.497 e. The first kappa shape index (κ1) is 16.3. The fourth-order valence-corrected chi connectivity index (χ4v) is 1.39. The number of methoxy groups -OCH3 is 1. The highest BCUT2D eigenvalue weighted by molar-refractivity contribution is 5.86. The van der Waals surface area contributed by atoms with Gasteiger partial charge < -0.3 is 25.8 Å². The number of carbonyl (C=O) groups is 3. The predicted octanol–water partition coefficient (Wildman–Crippen LogP) is -0.305. The van der Waals surface area contributed by atoms with E-state index in [-0.39, 0.29) is 6.54 Å². The molecule has 1 aromatic carbocycles. The van der Waals surface area contributed by atoms with Crippen LogP contribution < -0.4 is 20.7 Å². The van der Waals surface area contributed by atoms with E-state index in [0.29, 0.717) is 6.54 Å². The molecule has 0 aromatic heterocycles. The van der Waals surface area contributed by atoms with Crippen molar-refractivity contribution in [1.82, 2.24) is 16.0 Å². The largest absolute Gasteiger partial charge is 0.497 e. The minimum absolute atomic E-state index is 0.290. The number of benzene rings is 1. The van der Waals surface area contributed by atoms with Crippen LogP contribution in [0.5, 0.6) is 5.75 Å². The van der Waals surface area contributed by atoms with Crippen LogP contribution in [-0.4, -0.2) is 43.2 Å². The number of carboxylic acid groups (broad SMARTS) is 1. The molecule has 1 rings (SSSR count). The van der Waals surface area contributed by atoms with Crippen LogP contribution in [0.3, 0.4) is 0 Å². The first-order valence-electron chi connectivity index (χ1n) is 6.14. The van der Waals surface area contributed by atoms with Gasteiger partial charge in [0, 0.05) is 6.54 Å². The van der Waals surface area contributed by atoms with Gasteiger partial charge in [0.2, 0.25) is 5.91 Å². The molecule has 4 N–H and O–H groups in total. The van der Waals surface area contributed by atoms with Crippen molar-refractivity contribution >= 4 is 17.9 Å².